The molecule has 4 rings (SSSR count). The molecule has 30 heavy (non-hydrogen) atoms. The van der Waals surface area contributed by atoms with Crippen molar-refractivity contribution in [2.24, 2.45) is 0 Å². The molecule has 0 radical (unpaired) electrons. The second-order valence-electron chi connectivity index (χ2n) is 6.34. The van der Waals surface area contributed by atoms with Gasteiger partial charge in [0.05, 0.1) is 12.4 Å². The molecule has 1 atom stereocenters. The van der Waals surface area contributed by atoms with Gasteiger partial charge in [-0.05, 0) is 31.2 Å². The topological polar surface area (TPSA) is 94.6 Å². The molecule has 0 spiro atoms. The van der Waals surface area contributed by atoms with Gasteiger partial charge in [-0.15, -0.1) is 10.2 Å². The fraction of sp³-hybridized carbons (Fsp3) is 0.250. The number of hydrogen-bond acceptors (Lipinski definition) is 9. The lowest BCUT2D eigenvalue weighted by Gasteiger charge is -2.19. The number of aromatic nitrogens is 2. The van der Waals surface area contributed by atoms with Crippen molar-refractivity contribution in [3.63, 3.8) is 0 Å². The Hall–Kier alpha value is -2.98. The largest absolute Gasteiger partial charge is 0.497 e. The molecule has 0 saturated heterocycles. The summed E-state index contributed by atoms with van der Waals surface area (Å²) in [4.78, 5) is 12.6. The van der Waals surface area contributed by atoms with E-state index in [1.807, 2.05) is 31.2 Å². The molecule has 1 aromatic heterocycles. The van der Waals surface area contributed by atoms with Crippen LogP contribution in [0.2, 0.25) is 0 Å². The maximum Gasteiger partial charge on any atom is 0.237 e. The highest BCUT2D eigenvalue weighted by atomic mass is 32.2. The lowest BCUT2D eigenvalue weighted by Crippen LogP contribution is -2.22. The average molecular weight is 445 g/mol. The Morgan fingerprint density at radius 3 is 2.80 bits per heavy atom. The molecule has 2 heterocycles. The molecular formula is C20H20N4O4S2. The number of nitrogens with zero attached hydrogens (tertiary/aromatic N) is 2. The number of thioether (sulfide) groups is 1. The monoisotopic (exact) mass is 444 g/mol. The fourth-order valence-corrected chi connectivity index (χ4v) is 4.62. The summed E-state index contributed by atoms with van der Waals surface area (Å²) >= 11 is 2.74. The predicted octanol–water partition coefficient (Wildman–Crippen LogP) is 4.18. The Morgan fingerprint density at radius 1 is 1.13 bits per heavy atom. The van der Waals surface area contributed by atoms with Gasteiger partial charge in [-0.25, -0.2) is 0 Å². The van der Waals surface area contributed by atoms with Crippen molar-refractivity contribution in [1.82, 2.24) is 10.2 Å². The number of carbonyl (C=O) groups is 1. The predicted molar refractivity (Wildman–Crippen MR) is 118 cm³/mol. The van der Waals surface area contributed by atoms with Crippen molar-refractivity contribution in [3.8, 4) is 17.2 Å². The Morgan fingerprint density at radius 2 is 1.97 bits per heavy atom. The molecule has 2 N–H and O–H groups in total. The Labute approximate surface area is 182 Å². The van der Waals surface area contributed by atoms with Crippen molar-refractivity contribution in [1.29, 1.82) is 0 Å². The normalized spacial score (nSPS) is 13.4. The molecule has 0 unspecified atom stereocenters. The van der Waals surface area contributed by atoms with E-state index in [4.69, 9.17) is 14.2 Å². The van der Waals surface area contributed by atoms with Crippen LogP contribution in [0.4, 0.5) is 16.5 Å². The van der Waals surface area contributed by atoms with Gasteiger partial charge in [0.25, 0.3) is 0 Å². The minimum Gasteiger partial charge on any atom is -0.497 e. The SMILES string of the molecule is COc1cccc(Nc2nnc(S[C@H](C)C(=O)Nc3ccc4c(c3)OCCO4)s2)c1. The molecule has 2 aromatic carbocycles. The second kappa shape index (κ2) is 9.23. The molecule has 1 aliphatic rings. The number of hydrogen-bond donors (Lipinski definition) is 2. The van der Waals surface area contributed by atoms with E-state index < -0.39 is 0 Å². The molecule has 0 fully saturated rings. The van der Waals surface area contributed by atoms with E-state index in [2.05, 4.69) is 20.8 Å². The quantitative estimate of drug-likeness (QED) is 0.524. The van der Waals surface area contributed by atoms with Gasteiger partial charge >= 0.3 is 0 Å². The number of rotatable bonds is 7. The molecule has 1 aliphatic heterocycles. The minimum atomic E-state index is -0.351. The van der Waals surface area contributed by atoms with Crippen LogP contribution in [0.25, 0.3) is 0 Å². The highest BCUT2D eigenvalue weighted by Gasteiger charge is 2.19. The molecule has 10 heteroatoms. The second-order valence-corrected chi connectivity index (χ2v) is 8.90. The highest BCUT2D eigenvalue weighted by molar-refractivity contribution is 8.02. The first-order valence-electron chi connectivity index (χ1n) is 9.22. The average Bonchev–Trinajstić information content (AvgIpc) is 3.20. The molecule has 0 bridgehead atoms. The van der Waals surface area contributed by atoms with Crippen LogP contribution in [0.15, 0.2) is 46.8 Å². The zero-order chi connectivity index (χ0) is 20.9. The number of amides is 1. The van der Waals surface area contributed by atoms with Gasteiger partial charge in [0.15, 0.2) is 15.8 Å². The third-order valence-corrected chi connectivity index (χ3v) is 6.21. The van der Waals surface area contributed by atoms with Crippen LogP contribution < -0.4 is 24.8 Å². The molecule has 156 valence electrons. The van der Waals surface area contributed by atoms with Crippen molar-refractivity contribution >= 4 is 45.5 Å². The van der Waals surface area contributed by atoms with E-state index in [1.54, 1.807) is 25.3 Å². The number of anilines is 3. The van der Waals surface area contributed by atoms with Crippen LogP contribution in [0.1, 0.15) is 6.92 Å². The van der Waals surface area contributed by atoms with Crippen LogP contribution in [0.5, 0.6) is 17.2 Å². The smallest absolute Gasteiger partial charge is 0.237 e. The Kier molecular flexibility index (Phi) is 6.24. The van der Waals surface area contributed by atoms with Gasteiger partial charge in [-0.1, -0.05) is 29.2 Å². The zero-order valence-corrected chi connectivity index (χ0v) is 18.0. The first-order valence-corrected chi connectivity index (χ1v) is 10.9. The maximum absolute atomic E-state index is 12.6. The first-order chi connectivity index (χ1) is 14.6. The molecular weight excluding hydrogens is 424 g/mol. The van der Waals surface area contributed by atoms with Crippen LogP contribution in [-0.4, -0.2) is 41.7 Å². The summed E-state index contributed by atoms with van der Waals surface area (Å²) in [5, 5.41) is 14.7. The third-order valence-electron chi connectivity index (χ3n) is 4.18. The summed E-state index contributed by atoms with van der Waals surface area (Å²) < 4.78 is 17.0. The van der Waals surface area contributed by atoms with Gasteiger partial charge in [0, 0.05) is 23.5 Å². The Balaban J connectivity index is 1.34. The van der Waals surface area contributed by atoms with E-state index in [0.717, 1.165) is 11.4 Å². The van der Waals surface area contributed by atoms with Gasteiger partial charge < -0.3 is 24.8 Å². The van der Waals surface area contributed by atoms with Crippen LogP contribution >= 0.6 is 23.1 Å². The van der Waals surface area contributed by atoms with E-state index >= 15 is 0 Å². The van der Waals surface area contributed by atoms with Gasteiger partial charge in [-0.3, -0.25) is 4.79 Å². The molecule has 3 aromatic rings. The number of carbonyl (C=O) groups excluding carboxylic acids is 1. The minimum absolute atomic E-state index is 0.130. The van der Waals surface area contributed by atoms with Crippen LogP contribution in [0.3, 0.4) is 0 Å². The van der Waals surface area contributed by atoms with Crippen molar-refractivity contribution < 1.29 is 19.0 Å². The summed E-state index contributed by atoms with van der Waals surface area (Å²) in [7, 11) is 1.62. The summed E-state index contributed by atoms with van der Waals surface area (Å²) in [5.74, 6) is 1.95. The van der Waals surface area contributed by atoms with Gasteiger partial charge in [0.1, 0.15) is 19.0 Å². The molecule has 0 saturated carbocycles. The number of methoxy groups -OCH3 is 1. The van der Waals surface area contributed by atoms with Crippen molar-refractivity contribution in [2.75, 3.05) is 31.0 Å². The van der Waals surface area contributed by atoms with Crippen molar-refractivity contribution in [2.45, 2.75) is 16.5 Å². The lowest BCUT2D eigenvalue weighted by atomic mass is 10.2. The fourth-order valence-electron chi connectivity index (χ4n) is 2.70. The Bertz CT molecular complexity index is 1040. The molecule has 1 amide bonds. The lowest BCUT2D eigenvalue weighted by molar-refractivity contribution is -0.115. The van der Waals surface area contributed by atoms with E-state index in [-0.39, 0.29) is 11.2 Å². The van der Waals surface area contributed by atoms with Gasteiger partial charge in [-0.2, -0.15) is 0 Å². The van der Waals surface area contributed by atoms with Crippen molar-refractivity contribution in [3.05, 3.63) is 42.5 Å². The highest BCUT2D eigenvalue weighted by Crippen LogP contribution is 2.34. The summed E-state index contributed by atoms with van der Waals surface area (Å²) in [6.45, 7) is 2.86. The zero-order valence-electron chi connectivity index (χ0n) is 16.4. The number of fused-ring (bicyclic) bond motifs is 1. The van der Waals surface area contributed by atoms with E-state index in [0.29, 0.717) is 39.9 Å². The van der Waals surface area contributed by atoms with Crippen LogP contribution in [0, 0.1) is 0 Å². The standard InChI is InChI=1S/C20H20N4O4S2/c1-12(18(25)21-14-6-7-16-17(11-14)28-9-8-27-16)29-20-24-23-19(30-20)22-13-4-3-5-15(10-13)26-2/h3-7,10-12H,8-9H2,1-2H3,(H,21,25)(H,22,23)/t12-/m1/s1. The van der Waals surface area contributed by atoms with E-state index in [9.17, 15) is 4.79 Å². The number of benzene rings is 2. The first kappa shape index (κ1) is 20.3. The summed E-state index contributed by atoms with van der Waals surface area (Å²) in [5.41, 5.74) is 1.51. The summed E-state index contributed by atoms with van der Waals surface area (Å²) in [6, 6.07) is 12.9. The van der Waals surface area contributed by atoms with Gasteiger partial charge in [0.2, 0.25) is 11.0 Å². The van der Waals surface area contributed by atoms with Crippen LogP contribution in [-0.2, 0) is 4.79 Å². The van der Waals surface area contributed by atoms with E-state index in [1.165, 1.54) is 23.1 Å². The third kappa shape index (κ3) is 4.95. The molecule has 0 aliphatic carbocycles. The number of ether oxygens (including phenoxy) is 3. The number of nitrogens with one attached hydrogen (secondary N) is 2. The molecule has 8 nitrogen and oxygen atoms in total. The summed E-state index contributed by atoms with van der Waals surface area (Å²) in [6.07, 6.45) is 0. The maximum atomic E-state index is 12.6.